The monoisotopic (exact) mass is 884 g/mol. The van der Waals surface area contributed by atoms with E-state index in [2.05, 4.69) is 103 Å². The number of aliphatic hydroxyl groups excluding tert-OH is 2. The minimum absolute atomic E-state index is 0. The first-order chi connectivity index (χ1) is 25.1. The van der Waals surface area contributed by atoms with Crippen LogP contribution in [-0.4, -0.2) is 94.9 Å². The Labute approximate surface area is 339 Å². The van der Waals surface area contributed by atoms with Crippen molar-refractivity contribution in [1.29, 1.82) is 0 Å². The first-order valence-corrected chi connectivity index (χ1v) is 17.3. The van der Waals surface area contributed by atoms with E-state index in [1.54, 1.807) is 9.43 Å². The van der Waals surface area contributed by atoms with Crippen LogP contribution in [0.5, 0.6) is 0 Å². The number of pyridine rings is 6. The van der Waals surface area contributed by atoms with Crippen LogP contribution in [0.4, 0.5) is 0 Å². The van der Waals surface area contributed by atoms with Crippen molar-refractivity contribution in [2.75, 3.05) is 14.2 Å². The molecule has 53 heavy (non-hydrogen) atoms. The molecule has 0 spiro atoms. The predicted molar refractivity (Wildman–Crippen MR) is 215 cm³/mol. The Morgan fingerprint density at radius 2 is 0.491 bits per heavy atom. The number of nitrogens with zero attached hydrogens (tertiary/aromatic N) is 8. The molecular formula is C40H44FeN8O2Se2. The van der Waals surface area contributed by atoms with E-state index in [-0.39, 0.29) is 17.1 Å². The average molecular weight is 883 g/mol. The quantitative estimate of drug-likeness (QED) is 0.146. The number of aryl methyl sites for hydroxylation is 6. The Hall–Kier alpha value is -4.46. The summed E-state index contributed by atoms with van der Waals surface area (Å²) in [6.45, 7) is 12.3. The van der Waals surface area contributed by atoms with Crippen molar-refractivity contribution in [3.8, 4) is 34.2 Å². The van der Waals surface area contributed by atoms with E-state index < -0.39 is 0 Å². The maximum absolute atomic E-state index is 7.26. The van der Waals surface area contributed by atoms with Crippen LogP contribution >= 0.6 is 0 Å². The molecule has 276 valence electrons. The number of aliphatic hydroxyl groups is 2. The predicted octanol–water partition coefficient (Wildman–Crippen LogP) is 6.76. The summed E-state index contributed by atoms with van der Waals surface area (Å²) in [4.78, 5) is 25.7. The van der Waals surface area contributed by atoms with E-state index in [0.717, 1.165) is 48.4 Å². The van der Waals surface area contributed by atoms with Gasteiger partial charge in [-0.2, -0.15) is 0 Å². The molecular weight excluding hydrogens is 838 g/mol. The van der Waals surface area contributed by atoms with Crippen LogP contribution < -0.4 is 0 Å². The molecule has 0 aliphatic heterocycles. The summed E-state index contributed by atoms with van der Waals surface area (Å²) in [5, 5.41) is 28.5. The Bertz CT molecular complexity index is 1640. The van der Waals surface area contributed by atoms with Gasteiger partial charge < -0.3 is 10.2 Å². The number of hydrogen-bond donors (Lipinski definition) is 2. The molecule has 0 bridgehead atoms. The van der Waals surface area contributed by atoms with Crippen LogP contribution in [0.2, 0.25) is 0 Å². The molecule has 6 aromatic rings. The fourth-order valence-electron chi connectivity index (χ4n) is 4.06. The summed E-state index contributed by atoms with van der Waals surface area (Å²) in [5.74, 6) is 0. The Morgan fingerprint density at radius 3 is 0.585 bits per heavy atom. The summed E-state index contributed by atoms with van der Waals surface area (Å²) >= 11 is 4.22. The van der Waals surface area contributed by atoms with Gasteiger partial charge in [0.1, 0.15) is 0 Å². The van der Waals surface area contributed by atoms with E-state index in [4.69, 9.17) is 21.0 Å². The summed E-state index contributed by atoms with van der Waals surface area (Å²) in [5.41, 5.74) is 12.9. The molecule has 0 atom stereocenters. The van der Waals surface area contributed by atoms with Crippen molar-refractivity contribution in [3.63, 3.8) is 0 Å². The topological polar surface area (TPSA) is 162 Å². The van der Waals surface area contributed by atoms with Gasteiger partial charge in [0.2, 0.25) is 0 Å². The molecule has 2 N–H and O–H groups in total. The van der Waals surface area contributed by atoms with Crippen LogP contribution in [0.15, 0.2) is 110 Å². The van der Waals surface area contributed by atoms with Gasteiger partial charge in [-0.25, -0.2) is 0 Å². The summed E-state index contributed by atoms with van der Waals surface area (Å²) in [7, 11) is 2.00. The van der Waals surface area contributed by atoms with Crippen LogP contribution in [0.3, 0.4) is 0 Å². The van der Waals surface area contributed by atoms with Crippen LogP contribution in [0.25, 0.3) is 45.0 Å². The molecule has 0 radical (unpaired) electrons. The van der Waals surface area contributed by atoms with Crippen molar-refractivity contribution in [2.45, 2.75) is 41.5 Å². The minimum atomic E-state index is 0. The van der Waals surface area contributed by atoms with E-state index in [1.807, 2.05) is 110 Å². The van der Waals surface area contributed by atoms with Crippen LogP contribution in [0, 0.1) is 41.5 Å². The van der Waals surface area contributed by atoms with Crippen molar-refractivity contribution >= 4 is 40.6 Å². The van der Waals surface area contributed by atoms with Gasteiger partial charge in [-0.3, -0.25) is 29.9 Å². The molecule has 13 heteroatoms. The zero-order chi connectivity index (χ0) is 39.3. The molecule has 0 saturated heterocycles. The summed E-state index contributed by atoms with van der Waals surface area (Å²) in [6, 6.07) is 24.2. The Kier molecular flexibility index (Phi) is 29.7. The van der Waals surface area contributed by atoms with Gasteiger partial charge in [-0.15, -0.1) is 0 Å². The standard InChI is InChI=1S/3C12H12N2.2CNSe.2CH4O.Fe/c3*1-9-3-5-13-11(7-9)12-8-10(2)4-6-14-12;2*2-1-3;2*1-2;/h3*3-8H,1-2H3;;;2*2H,1H3;/q;;;2*-1;;;+2. The van der Waals surface area contributed by atoms with Gasteiger partial charge in [-0.05, 0) is 148 Å². The average Bonchev–Trinajstić information content (AvgIpc) is 3.15. The van der Waals surface area contributed by atoms with Gasteiger partial charge in [0.25, 0.3) is 0 Å². The third kappa shape index (κ3) is 21.6. The fraction of sp³-hybridized carbons (Fsp3) is 0.200. The second kappa shape index (κ2) is 31.1. The van der Waals surface area contributed by atoms with E-state index in [9.17, 15) is 0 Å². The van der Waals surface area contributed by atoms with Crippen LogP contribution in [0.1, 0.15) is 33.4 Å². The first-order valence-electron chi connectivity index (χ1n) is 15.6. The normalized spacial score (nSPS) is 8.57. The maximum atomic E-state index is 7.26. The molecule has 0 aliphatic carbocycles. The van der Waals surface area contributed by atoms with Crippen molar-refractivity contribution in [3.05, 3.63) is 154 Å². The second-order valence-corrected chi connectivity index (χ2v) is 11.3. The Morgan fingerprint density at radius 1 is 0.377 bits per heavy atom. The third-order valence-corrected chi connectivity index (χ3v) is 6.28. The van der Waals surface area contributed by atoms with Crippen molar-refractivity contribution < 1.29 is 27.3 Å². The molecule has 0 aromatic carbocycles. The molecule has 10 nitrogen and oxygen atoms in total. The second-order valence-electron chi connectivity index (χ2n) is 10.5. The van der Waals surface area contributed by atoms with E-state index >= 15 is 0 Å². The number of hydrogen-bond acceptors (Lipinski definition) is 8. The van der Waals surface area contributed by atoms with Crippen molar-refractivity contribution in [1.82, 2.24) is 29.9 Å². The molecule has 0 saturated carbocycles. The molecule has 6 aromatic heterocycles. The van der Waals surface area contributed by atoms with Gasteiger partial charge in [-0.1, -0.05) is 0 Å². The summed E-state index contributed by atoms with van der Waals surface area (Å²) < 4.78 is 3.25. The summed E-state index contributed by atoms with van der Waals surface area (Å²) in [6.07, 6.45) is 10.9. The number of aromatic nitrogens is 6. The van der Waals surface area contributed by atoms with Gasteiger partial charge in [0.15, 0.2) is 0 Å². The fourth-order valence-corrected chi connectivity index (χ4v) is 4.06. The molecule has 6 rings (SSSR count). The van der Waals surface area contributed by atoms with E-state index in [1.165, 1.54) is 33.4 Å². The molecule has 0 fully saturated rings. The molecule has 0 unspecified atom stereocenters. The SMILES string of the molecule is CO.CO.Cc1ccnc(-c2cc(C)ccn2)c1.Cc1ccnc(-c2cc(C)ccn2)c1.Cc1ccnc(-c2cc(C)ccn2)c1.[Fe+2].[N-]=C=[Se].[N-]=C=[Se]. The molecule has 0 aliphatic rings. The zero-order valence-electron chi connectivity index (χ0n) is 31.0. The third-order valence-electron chi connectivity index (χ3n) is 6.28. The molecule has 6 heterocycles. The van der Waals surface area contributed by atoms with Gasteiger partial charge in [0, 0.05) is 51.4 Å². The molecule has 0 amide bonds. The van der Waals surface area contributed by atoms with E-state index in [0.29, 0.717) is 0 Å². The van der Waals surface area contributed by atoms with Gasteiger partial charge in [0.05, 0.1) is 34.2 Å². The van der Waals surface area contributed by atoms with Gasteiger partial charge >= 0.3 is 68.5 Å². The van der Waals surface area contributed by atoms with Crippen molar-refractivity contribution in [2.24, 2.45) is 0 Å². The zero-order valence-corrected chi connectivity index (χ0v) is 35.6. The Balaban J connectivity index is 0. The van der Waals surface area contributed by atoms with Crippen LogP contribution in [-0.2, 0) is 17.1 Å². The number of rotatable bonds is 3. The first kappa shape index (κ1) is 50.6.